The van der Waals surface area contributed by atoms with Crippen molar-refractivity contribution in [1.82, 2.24) is 9.88 Å². The molecule has 1 saturated heterocycles. The highest BCUT2D eigenvalue weighted by Crippen LogP contribution is 2.41. The molecule has 0 saturated carbocycles. The Labute approximate surface area is 211 Å². The van der Waals surface area contributed by atoms with E-state index in [4.69, 9.17) is 9.47 Å². The molecule has 1 aliphatic rings. The number of hydrogen-bond donors (Lipinski definition) is 1. The first-order valence-electron chi connectivity index (χ1n) is 11.9. The van der Waals surface area contributed by atoms with Gasteiger partial charge in [-0.2, -0.15) is 0 Å². The highest BCUT2D eigenvalue weighted by molar-refractivity contribution is 6.46. The van der Waals surface area contributed by atoms with Crippen LogP contribution in [0, 0.1) is 12.8 Å². The third-order valence-electron chi connectivity index (χ3n) is 6.04. The monoisotopic (exact) mass is 486 g/mol. The van der Waals surface area contributed by atoms with E-state index in [1.807, 2.05) is 37.3 Å². The fourth-order valence-electron chi connectivity index (χ4n) is 4.27. The number of Topliss-reactive ketones (excluding diaryl/α,β-unsaturated/α-hetero) is 1. The third-order valence-corrected chi connectivity index (χ3v) is 6.04. The number of aryl methyl sites for hydroxylation is 1. The largest absolute Gasteiger partial charge is 0.507 e. The van der Waals surface area contributed by atoms with Gasteiger partial charge in [0.2, 0.25) is 0 Å². The molecule has 7 heteroatoms. The SMILES string of the molecule is COc1ccc(/C(O)=C2\C(=O)C(=O)N(Cc3ccccn3)C2c2cccc(OCC(C)C)c2)c(C)c1. The second-order valence-electron chi connectivity index (χ2n) is 9.21. The number of aromatic nitrogens is 1. The van der Waals surface area contributed by atoms with Crippen LogP contribution in [-0.4, -0.2) is 40.4 Å². The highest BCUT2D eigenvalue weighted by Gasteiger charge is 2.46. The summed E-state index contributed by atoms with van der Waals surface area (Å²) >= 11 is 0. The molecule has 3 aromatic rings. The molecule has 2 heterocycles. The van der Waals surface area contributed by atoms with Crippen LogP contribution in [0.15, 0.2) is 72.4 Å². The van der Waals surface area contributed by atoms with Gasteiger partial charge in [-0.15, -0.1) is 0 Å². The van der Waals surface area contributed by atoms with Crippen LogP contribution in [0.2, 0.25) is 0 Å². The number of aliphatic hydroxyl groups is 1. The van der Waals surface area contributed by atoms with Gasteiger partial charge < -0.3 is 19.5 Å². The molecule has 1 atom stereocenters. The van der Waals surface area contributed by atoms with Crippen molar-refractivity contribution >= 4 is 17.4 Å². The lowest BCUT2D eigenvalue weighted by Crippen LogP contribution is -2.29. The first-order valence-corrected chi connectivity index (χ1v) is 11.9. The van der Waals surface area contributed by atoms with E-state index in [0.717, 1.165) is 5.56 Å². The number of hydrogen-bond acceptors (Lipinski definition) is 6. The summed E-state index contributed by atoms with van der Waals surface area (Å²) in [5.41, 5.74) is 2.51. The van der Waals surface area contributed by atoms with E-state index in [9.17, 15) is 14.7 Å². The van der Waals surface area contributed by atoms with Gasteiger partial charge in [0.1, 0.15) is 17.3 Å². The minimum absolute atomic E-state index is 0.0326. The summed E-state index contributed by atoms with van der Waals surface area (Å²) in [4.78, 5) is 32.4. The molecule has 1 aromatic heterocycles. The van der Waals surface area contributed by atoms with Crippen LogP contribution in [0.5, 0.6) is 11.5 Å². The Kier molecular flexibility index (Phi) is 7.38. The van der Waals surface area contributed by atoms with Gasteiger partial charge in [-0.3, -0.25) is 14.6 Å². The second kappa shape index (κ2) is 10.6. The lowest BCUT2D eigenvalue weighted by molar-refractivity contribution is -0.140. The molecule has 1 amide bonds. The maximum Gasteiger partial charge on any atom is 0.296 e. The zero-order valence-electron chi connectivity index (χ0n) is 20.9. The number of carbonyl (C=O) groups excluding carboxylic acids is 2. The molecular formula is C29H30N2O5. The molecule has 2 aromatic carbocycles. The zero-order chi connectivity index (χ0) is 25.8. The Bertz CT molecular complexity index is 1300. The number of ketones is 1. The zero-order valence-corrected chi connectivity index (χ0v) is 20.9. The maximum atomic E-state index is 13.4. The quantitative estimate of drug-likeness (QED) is 0.272. The summed E-state index contributed by atoms with van der Waals surface area (Å²) in [5.74, 6) is -0.0579. The molecule has 1 N–H and O–H groups in total. The van der Waals surface area contributed by atoms with Gasteiger partial charge in [-0.05, 0) is 66.4 Å². The molecule has 0 spiro atoms. The van der Waals surface area contributed by atoms with Gasteiger partial charge in [0, 0.05) is 11.8 Å². The van der Waals surface area contributed by atoms with Crippen molar-refractivity contribution in [3.05, 3.63) is 94.8 Å². The van der Waals surface area contributed by atoms with Gasteiger partial charge >= 0.3 is 0 Å². The molecule has 7 nitrogen and oxygen atoms in total. The first-order chi connectivity index (χ1) is 17.3. The lowest BCUT2D eigenvalue weighted by Gasteiger charge is -2.25. The highest BCUT2D eigenvalue weighted by atomic mass is 16.5. The predicted molar refractivity (Wildman–Crippen MR) is 137 cm³/mol. The number of carbonyl (C=O) groups is 2. The van der Waals surface area contributed by atoms with Crippen molar-refractivity contribution in [1.29, 1.82) is 0 Å². The fraction of sp³-hybridized carbons (Fsp3) is 0.276. The number of amides is 1. The molecule has 0 bridgehead atoms. The van der Waals surface area contributed by atoms with Gasteiger partial charge in [0.15, 0.2) is 0 Å². The van der Waals surface area contributed by atoms with Crippen LogP contribution in [-0.2, 0) is 16.1 Å². The van der Waals surface area contributed by atoms with E-state index in [2.05, 4.69) is 18.8 Å². The summed E-state index contributed by atoms with van der Waals surface area (Å²) in [7, 11) is 1.56. The van der Waals surface area contributed by atoms with E-state index in [1.54, 1.807) is 43.6 Å². The summed E-state index contributed by atoms with van der Waals surface area (Å²) in [5, 5.41) is 11.4. The van der Waals surface area contributed by atoms with Crippen LogP contribution in [0.1, 0.15) is 42.3 Å². The molecule has 0 radical (unpaired) electrons. The first kappa shape index (κ1) is 25.0. The average Bonchev–Trinajstić information content (AvgIpc) is 3.12. The van der Waals surface area contributed by atoms with E-state index in [0.29, 0.717) is 40.8 Å². The van der Waals surface area contributed by atoms with Crippen molar-refractivity contribution in [3.63, 3.8) is 0 Å². The topological polar surface area (TPSA) is 89.0 Å². The van der Waals surface area contributed by atoms with E-state index in [1.165, 1.54) is 4.90 Å². The van der Waals surface area contributed by atoms with Crippen molar-refractivity contribution in [2.24, 2.45) is 5.92 Å². The van der Waals surface area contributed by atoms with Crippen molar-refractivity contribution in [2.75, 3.05) is 13.7 Å². The van der Waals surface area contributed by atoms with E-state index < -0.39 is 17.7 Å². The molecule has 0 aliphatic carbocycles. The van der Waals surface area contributed by atoms with Crippen molar-refractivity contribution < 1.29 is 24.2 Å². The molecule has 1 fully saturated rings. The van der Waals surface area contributed by atoms with Crippen LogP contribution in [0.4, 0.5) is 0 Å². The molecule has 4 rings (SSSR count). The Morgan fingerprint density at radius 2 is 1.86 bits per heavy atom. The van der Waals surface area contributed by atoms with Crippen LogP contribution < -0.4 is 9.47 Å². The minimum Gasteiger partial charge on any atom is -0.507 e. The molecule has 186 valence electrons. The predicted octanol–water partition coefficient (Wildman–Crippen LogP) is 5.06. The van der Waals surface area contributed by atoms with Crippen molar-refractivity contribution in [2.45, 2.75) is 33.4 Å². The second-order valence-corrected chi connectivity index (χ2v) is 9.21. The number of nitrogens with zero attached hydrogens (tertiary/aromatic N) is 2. The number of pyridine rings is 1. The summed E-state index contributed by atoms with van der Waals surface area (Å²) in [6, 6.07) is 17.1. The molecule has 1 unspecified atom stereocenters. The summed E-state index contributed by atoms with van der Waals surface area (Å²) < 4.78 is 11.2. The Hall–Kier alpha value is -4.13. The van der Waals surface area contributed by atoms with Gasteiger partial charge in [0.05, 0.1) is 37.6 Å². The number of likely N-dealkylation sites (tertiary alicyclic amines) is 1. The Balaban J connectivity index is 1.85. The van der Waals surface area contributed by atoms with Crippen LogP contribution in [0.3, 0.4) is 0 Å². The maximum absolute atomic E-state index is 13.4. The van der Waals surface area contributed by atoms with Gasteiger partial charge in [-0.25, -0.2) is 0 Å². The summed E-state index contributed by atoms with van der Waals surface area (Å²) in [6.07, 6.45) is 1.64. The number of benzene rings is 2. The standard InChI is InChI=1S/C29H30N2O5/c1-18(2)17-36-23-10-7-8-20(15-23)26-25(27(32)24-12-11-22(35-4)14-19(24)3)28(33)29(34)31(26)16-21-9-5-6-13-30-21/h5-15,18,26,32H,16-17H2,1-4H3/b27-25+. The number of ether oxygens (including phenoxy) is 2. The van der Waals surface area contributed by atoms with Crippen LogP contribution in [0.25, 0.3) is 5.76 Å². The Morgan fingerprint density at radius 3 is 2.53 bits per heavy atom. The third kappa shape index (κ3) is 5.10. The molecule has 36 heavy (non-hydrogen) atoms. The molecular weight excluding hydrogens is 456 g/mol. The van der Waals surface area contributed by atoms with E-state index in [-0.39, 0.29) is 17.9 Å². The normalized spacial score (nSPS) is 17.0. The number of aliphatic hydroxyl groups excluding tert-OH is 1. The summed E-state index contributed by atoms with van der Waals surface area (Å²) in [6.45, 7) is 6.58. The van der Waals surface area contributed by atoms with Crippen LogP contribution >= 0.6 is 0 Å². The Morgan fingerprint density at radius 1 is 1.06 bits per heavy atom. The molecule has 1 aliphatic heterocycles. The number of methoxy groups -OCH3 is 1. The van der Waals surface area contributed by atoms with Crippen molar-refractivity contribution in [3.8, 4) is 11.5 Å². The average molecular weight is 487 g/mol. The van der Waals surface area contributed by atoms with Gasteiger partial charge in [-0.1, -0.05) is 32.0 Å². The number of rotatable bonds is 8. The fourth-order valence-corrected chi connectivity index (χ4v) is 4.27. The minimum atomic E-state index is -0.809. The lowest BCUT2D eigenvalue weighted by atomic mass is 9.93. The van der Waals surface area contributed by atoms with Gasteiger partial charge in [0.25, 0.3) is 11.7 Å². The smallest absolute Gasteiger partial charge is 0.296 e. The van der Waals surface area contributed by atoms with E-state index >= 15 is 0 Å².